The van der Waals surface area contributed by atoms with Crippen LogP contribution in [0.4, 0.5) is 8.78 Å². The number of carbonyl (C=O) groups is 1. The zero-order valence-corrected chi connectivity index (χ0v) is 11.8. The van der Waals surface area contributed by atoms with Crippen LogP contribution in [0.5, 0.6) is 0 Å². The van der Waals surface area contributed by atoms with Crippen LogP contribution in [0.2, 0.25) is 0 Å². The van der Waals surface area contributed by atoms with Crippen LogP contribution in [-0.2, 0) is 4.79 Å². The van der Waals surface area contributed by atoms with Gasteiger partial charge in [-0.15, -0.1) is 0 Å². The molecular formula is C15H13F2NO2S. The molecule has 1 aromatic heterocycles. The van der Waals surface area contributed by atoms with Crippen molar-refractivity contribution in [2.24, 2.45) is 0 Å². The van der Waals surface area contributed by atoms with Crippen LogP contribution in [0.15, 0.2) is 47.2 Å². The van der Waals surface area contributed by atoms with E-state index >= 15 is 0 Å². The van der Waals surface area contributed by atoms with Gasteiger partial charge in [0.1, 0.15) is 6.04 Å². The lowest BCUT2D eigenvalue weighted by atomic mass is 9.87. The highest BCUT2D eigenvalue weighted by atomic mass is 32.1. The quantitative estimate of drug-likeness (QED) is 0.882. The Labute approximate surface area is 124 Å². The Hall–Kier alpha value is -1.79. The number of rotatable bonds is 4. The van der Waals surface area contributed by atoms with Gasteiger partial charge in [0.2, 0.25) is 0 Å². The predicted octanol–water partition coefficient (Wildman–Crippen LogP) is 3.00. The third-order valence-corrected chi connectivity index (χ3v) is 4.39. The molecule has 1 amide bonds. The van der Waals surface area contributed by atoms with Crippen molar-refractivity contribution in [3.63, 3.8) is 0 Å². The highest BCUT2D eigenvalue weighted by Gasteiger charge is 2.65. The van der Waals surface area contributed by atoms with Crippen molar-refractivity contribution in [2.45, 2.75) is 18.0 Å². The van der Waals surface area contributed by atoms with Gasteiger partial charge in [-0.25, -0.2) is 0 Å². The highest BCUT2D eigenvalue weighted by molar-refractivity contribution is 7.08. The van der Waals surface area contributed by atoms with Crippen LogP contribution in [-0.4, -0.2) is 28.4 Å². The Kier molecular flexibility index (Phi) is 3.51. The van der Waals surface area contributed by atoms with Crippen molar-refractivity contribution in [1.29, 1.82) is 0 Å². The molecule has 3 rings (SSSR count). The van der Waals surface area contributed by atoms with Crippen LogP contribution < -0.4 is 0 Å². The Morgan fingerprint density at radius 1 is 1.29 bits per heavy atom. The van der Waals surface area contributed by atoms with E-state index in [4.69, 9.17) is 0 Å². The van der Waals surface area contributed by atoms with E-state index < -0.39 is 30.5 Å². The standard InChI is InChI=1S/C15H13F2NO2S/c16-15(17)13(11-6-7-21-9-11)18(14(15)20)12(8-19)10-4-2-1-3-5-10/h1-7,9,12-13,19H,8H2/t12-,13-/m0/s1. The molecule has 1 aliphatic heterocycles. The van der Waals surface area contributed by atoms with E-state index in [1.807, 2.05) is 0 Å². The average molecular weight is 309 g/mol. The van der Waals surface area contributed by atoms with Gasteiger partial charge in [-0.1, -0.05) is 30.3 Å². The number of hydrogen-bond donors (Lipinski definition) is 1. The Balaban J connectivity index is 1.98. The summed E-state index contributed by atoms with van der Waals surface area (Å²) in [6.07, 6.45) is 0. The van der Waals surface area contributed by atoms with Gasteiger partial charge < -0.3 is 10.0 Å². The molecule has 3 nitrogen and oxygen atoms in total. The molecule has 0 unspecified atom stereocenters. The van der Waals surface area contributed by atoms with Crippen molar-refractivity contribution in [2.75, 3.05) is 6.61 Å². The van der Waals surface area contributed by atoms with Crippen LogP contribution in [0, 0.1) is 0 Å². The SMILES string of the molecule is O=C1N([C@@H](CO)c2ccccc2)[C@@H](c2ccsc2)C1(F)F. The van der Waals surface area contributed by atoms with E-state index in [0.717, 1.165) is 4.90 Å². The minimum atomic E-state index is -3.41. The molecule has 0 spiro atoms. The molecule has 0 radical (unpaired) electrons. The maximum Gasteiger partial charge on any atom is 0.348 e. The first-order valence-corrected chi connectivity index (χ1v) is 7.40. The van der Waals surface area contributed by atoms with E-state index in [1.165, 1.54) is 11.3 Å². The number of aliphatic hydroxyl groups is 1. The second-order valence-corrected chi connectivity index (χ2v) is 5.68. The van der Waals surface area contributed by atoms with E-state index in [1.54, 1.807) is 47.2 Å². The first-order chi connectivity index (χ1) is 10.1. The number of β-lactam (4-membered cyclic amide) rings is 1. The number of carbonyl (C=O) groups excluding carboxylic acids is 1. The van der Waals surface area contributed by atoms with Gasteiger partial charge >= 0.3 is 5.92 Å². The fraction of sp³-hybridized carbons (Fsp3) is 0.267. The first kappa shape index (κ1) is 14.2. The van der Waals surface area contributed by atoms with Crippen molar-refractivity contribution < 1.29 is 18.7 Å². The molecular weight excluding hydrogens is 296 g/mol. The molecule has 2 atom stereocenters. The molecule has 2 aromatic rings. The molecule has 1 fully saturated rings. The van der Waals surface area contributed by atoms with Gasteiger partial charge in [0.15, 0.2) is 0 Å². The van der Waals surface area contributed by atoms with Crippen molar-refractivity contribution in [3.05, 3.63) is 58.3 Å². The lowest BCUT2D eigenvalue weighted by Gasteiger charge is -2.49. The first-order valence-electron chi connectivity index (χ1n) is 6.46. The molecule has 6 heteroatoms. The van der Waals surface area contributed by atoms with Gasteiger partial charge in [-0.05, 0) is 28.0 Å². The number of nitrogens with zero attached hydrogens (tertiary/aromatic N) is 1. The predicted molar refractivity (Wildman–Crippen MR) is 75.1 cm³/mol. The average Bonchev–Trinajstić information content (AvgIpc) is 3.01. The summed E-state index contributed by atoms with van der Waals surface area (Å²) in [6.45, 7) is -0.396. The molecule has 2 heterocycles. The summed E-state index contributed by atoms with van der Waals surface area (Å²) in [5, 5.41) is 12.9. The largest absolute Gasteiger partial charge is 0.394 e. The second kappa shape index (κ2) is 5.20. The van der Waals surface area contributed by atoms with Crippen LogP contribution in [0.1, 0.15) is 23.2 Å². The lowest BCUT2D eigenvalue weighted by Crippen LogP contribution is -2.64. The molecule has 21 heavy (non-hydrogen) atoms. The van der Waals surface area contributed by atoms with Gasteiger partial charge in [0, 0.05) is 0 Å². The maximum absolute atomic E-state index is 14.0. The van der Waals surface area contributed by atoms with E-state index in [0.29, 0.717) is 11.1 Å². The normalized spacial score (nSPS) is 22.0. The van der Waals surface area contributed by atoms with Gasteiger partial charge in [-0.2, -0.15) is 20.1 Å². The van der Waals surface area contributed by atoms with E-state index in [-0.39, 0.29) is 0 Å². The van der Waals surface area contributed by atoms with Gasteiger partial charge in [-0.3, -0.25) is 4.79 Å². The van der Waals surface area contributed by atoms with Crippen molar-refractivity contribution >= 4 is 17.2 Å². The molecule has 0 aliphatic carbocycles. The minimum absolute atomic E-state index is 0.396. The zero-order valence-electron chi connectivity index (χ0n) is 10.9. The Morgan fingerprint density at radius 3 is 2.57 bits per heavy atom. The molecule has 110 valence electrons. The monoisotopic (exact) mass is 309 g/mol. The summed E-state index contributed by atoms with van der Waals surface area (Å²) in [6, 6.07) is 8.24. The van der Waals surface area contributed by atoms with Crippen molar-refractivity contribution in [3.8, 4) is 0 Å². The van der Waals surface area contributed by atoms with E-state index in [2.05, 4.69) is 0 Å². The van der Waals surface area contributed by atoms with Crippen LogP contribution in [0.3, 0.4) is 0 Å². The molecule has 1 saturated heterocycles. The third-order valence-electron chi connectivity index (χ3n) is 3.69. The lowest BCUT2D eigenvalue weighted by molar-refractivity contribution is -0.214. The topological polar surface area (TPSA) is 40.5 Å². The smallest absolute Gasteiger partial charge is 0.348 e. The number of alkyl halides is 2. The Morgan fingerprint density at radius 2 is 2.00 bits per heavy atom. The summed E-state index contributed by atoms with van der Waals surface area (Å²) in [5.41, 5.74) is 1.04. The summed E-state index contributed by atoms with van der Waals surface area (Å²) in [4.78, 5) is 12.9. The molecule has 0 saturated carbocycles. The summed E-state index contributed by atoms with van der Waals surface area (Å²) < 4.78 is 27.9. The molecule has 0 bridgehead atoms. The second-order valence-electron chi connectivity index (χ2n) is 4.90. The van der Waals surface area contributed by atoms with Crippen molar-refractivity contribution in [1.82, 2.24) is 4.90 Å². The number of halogens is 2. The summed E-state index contributed by atoms with van der Waals surface area (Å²) >= 11 is 1.30. The fourth-order valence-electron chi connectivity index (χ4n) is 2.67. The number of amides is 1. The number of aliphatic hydroxyl groups excluding tert-OH is 1. The van der Waals surface area contributed by atoms with Crippen LogP contribution >= 0.6 is 11.3 Å². The maximum atomic E-state index is 14.0. The molecule has 1 aromatic carbocycles. The van der Waals surface area contributed by atoms with Crippen LogP contribution in [0.25, 0.3) is 0 Å². The zero-order chi connectivity index (χ0) is 15.0. The highest BCUT2D eigenvalue weighted by Crippen LogP contribution is 2.51. The van der Waals surface area contributed by atoms with E-state index in [9.17, 15) is 18.7 Å². The third kappa shape index (κ3) is 2.15. The number of hydrogen-bond acceptors (Lipinski definition) is 3. The fourth-order valence-corrected chi connectivity index (χ4v) is 3.34. The van der Waals surface area contributed by atoms with Gasteiger partial charge in [0.25, 0.3) is 5.91 Å². The number of benzene rings is 1. The van der Waals surface area contributed by atoms with Gasteiger partial charge in [0.05, 0.1) is 12.6 Å². The minimum Gasteiger partial charge on any atom is -0.394 e. The molecule has 1 N–H and O–H groups in total. The number of thiophene rings is 1. The number of likely N-dealkylation sites (tertiary alicyclic amines) is 1. The summed E-state index contributed by atoms with van der Waals surface area (Å²) in [7, 11) is 0. The Bertz CT molecular complexity index is 630. The molecule has 1 aliphatic rings. The summed E-state index contributed by atoms with van der Waals surface area (Å²) in [5.74, 6) is -4.65.